The average molecular weight is 488 g/mol. The normalized spacial score (nSPS) is 31.9. The van der Waals surface area contributed by atoms with Crippen LogP contribution in [0.1, 0.15) is 94.2 Å². The minimum atomic E-state index is 0.552. The lowest BCUT2D eigenvalue weighted by molar-refractivity contribution is 0.0268. The molecule has 1 saturated heterocycles. The third-order valence-corrected chi connectivity index (χ3v) is 10.7. The van der Waals surface area contributed by atoms with Crippen molar-refractivity contribution in [3.05, 3.63) is 53.1 Å². The lowest BCUT2D eigenvalue weighted by atomic mass is 9.54. The number of fused-ring (bicyclic) bond motifs is 5. The number of hydrogen-bond donors (Lipinski definition) is 0. The van der Waals surface area contributed by atoms with Crippen molar-refractivity contribution in [2.24, 2.45) is 23.2 Å². The Hall–Kier alpha value is -2.00. The van der Waals surface area contributed by atoms with Gasteiger partial charge in [0.05, 0.1) is 7.11 Å². The van der Waals surface area contributed by atoms with Crippen molar-refractivity contribution in [3.63, 3.8) is 0 Å². The highest BCUT2D eigenvalue weighted by Crippen LogP contribution is 2.64. The first-order valence-corrected chi connectivity index (χ1v) is 14.8. The Morgan fingerprint density at radius 2 is 1.81 bits per heavy atom. The quantitative estimate of drug-likeness (QED) is 0.408. The van der Waals surface area contributed by atoms with Crippen LogP contribution in [-0.2, 0) is 13.0 Å². The molecule has 2 aromatic rings. The van der Waals surface area contributed by atoms with Gasteiger partial charge in [0.1, 0.15) is 5.75 Å². The average Bonchev–Trinajstić information content (AvgIpc) is 3.26. The molecule has 0 spiro atoms. The third-order valence-electron chi connectivity index (χ3n) is 10.7. The minimum Gasteiger partial charge on any atom is -0.493 e. The van der Waals surface area contributed by atoms with E-state index in [1.165, 1.54) is 94.0 Å². The zero-order valence-electron chi connectivity index (χ0n) is 22.7. The SMILES string of the molecule is CC[C@H]1CC[C@H]2[C@@H]3CCc4cccc(Oc5ccc(CN6CCCCC6)cc5OC)c4[C@H]3CC[C@]12C. The summed E-state index contributed by atoms with van der Waals surface area (Å²) in [4.78, 5) is 2.56. The topological polar surface area (TPSA) is 21.7 Å². The summed E-state index contributed by atoms with van der Waals surface area (Å²) in [5, 5.41) is 0. The molecule has 0 radical (unpaired) electrons. The van der Waals surface area contributed by atoms with Gasteiger partial charge in [0.2, 0.25) is 0 Å². The van der Waals surface area contributed by atoms with Crippen LogP contribution in [0.5, 0.6) is 17.2 Å². The third kappa shape index (κ3) is 4.26. The Kier molecular flexibility index (Phi) is 6.79. The summed E-state index contributed by atoms with van der Waals surface area (Å²) >= 11 is 0. The van der Waals surface area contributed by atoms with Crippen molar-refractivity contribution >= 4 is 0 Å². The zero-order chi connectivity index (χ0) is 24.7. The van der Waals surface area contributed by atoms with E-state index in [-0.39, 0.29) is 0 Å². The van der Waals surface area contributed by atoms with Gasteiger partial charge in [-0.15, -0.1) is 0 Å². The van der Waals surface area contributed by atoms with Gasteiger partial charge in [-0.05, 0) is 123 Å². The number of nitrogens with zero attached hydrogens (tertiary/aromatic N) is 1. The van der Waals surface area contributed by atoms with E-state index in [0.29, 0.717) is 11.3 Å². The lowest BCUT2D eigenvalue weighted by Gasteiger charge is -2.51. The highest BCUT2D eigenvalue weighted by atomic mass is 16.5. The minimum absolute atomic E-state index is 0.552. The van der Waals surface area contributed by atoms with Crippen molar-refractivity contribution < 1.29 is 9.47 Å². The molecule has 3 fully saturated rings. The fourth-order valence-electron chi connectivity index (χ4n) is 8.86. The summed E-state index contributed by atoms with van der Waals surface area (Å²) in [6, 6.07) is 13.3. The molecule has 1 aliphatic heterocycles. The molecule has 3 aliphatic carbocycles. The molecular formula is C33H45NO2. The highest BCUT2D eigenvalue weighted by Gasteiger charge is 2.54. The van der Waals surface area contributed by atoms with Crippen LogP contribution in [-0.4, -0.2) is 25.1 Å². The number of likely N-dealkylation sites (tertiary alicyclic amines) is 1. The maximum absolute atomic E-state index is 6.73. The largest absolute Gasteiger partial charge is 0.493 e. The number of benzene rings is 2. The van der Waals surface area contributed by atoms with Gasteiger partial charge in [-0.25, -0.2) is 0 Å². The second-order valence-corrected chi connectivity index (χ2v) is 12.4. The molecule has 2 aromatic carbocycles. The van der Waals surface area contributed by atoms with Crippen LogP contribution in [0.2, 0.25) is 0 Å². The second kappa shape index (κ2) is 10.0. The molecule has 194 valence electrons. The van der Waals surface area contributed by atoms with Gasteiger partial charge in [0.15, 0.2) is 11.5 Å². The fourth-order valence-corrected chi connectivity index (χ4v) is 8.86. The molecule has 3 nitrogen and oxygen atoms in total. The van der Waals surface area contributed by atoms with Crippen molar-refractivity contribution in [1.29, 1.82) is 0 Å². The maximum Gasteiger partial charge on any atom is 0.169 e. The van der Waals surface area contributed by atoms with Crippen LogP contribution in [0.15, 0.2) is 36.4 Å². The molecule has 3 heteroatoms. The van der Waals surface area contributed by atoms with Crippen LogP contribution in [0.4, 0.5) is 0 Å². The molecule has 0 aromatic heterocycles. The van der Waals surface area contributed by atoms with Crippen LogP contribution in [0, 0.1) is 23.2 Å². The molecule has 0 N–H and O–H groups in total. The lowest BCUT2D eigenvalue weighted by Crippen LogP contribution is -2.42. The number of rotatable bonds is 6. The van der Waals surface area contributed by atoms with Gasteiger partial charge < -0.3 is 9.47 Å². The van der Waals surface area contributed by atoms with Gasteiger partial charge >= 0.3 is 0 Å². The molecule has 0 bridgehead atoms. The van der Waals surface area contributed by atoms with E-state index in [0.717, 1.165) is 41.5 Å². The molecule has 6 rings (SSSR count). The van der Waals surface area contributed by atoms with Crippen LogP contribution >= 0.6 is 0 Å². The number of hydrogen-bond acceptors (Lipinski definition) is 3. The molecule has 4 aliphatic rings. The molecular weight excluding hydrogens is 442 g/mol. The van der Waals surface area contributed by atoms with E-state index in [1.807, 2.05) is 0 Å². The fraction of sp³-hybridized carbons (Fsp3) is 0.636. The van der Waals surface area contributed by atoms with Gasteiger partial charge in [-0.1, -0.05) is 44.9 Å². The number of methoxy groups -OCH3 is 1. The van der Waals surface area contributed by atoms with Crippen molar-refractivity contribution in [3.8, 4) is 17.2 Å². The first-order chi connectivity index (χ1) is 17.6. The second-order valence-electron chi connectivity index (χ2n) is 12.4. The smallest absolute Gasteiger partial charge is 0.169 e. The summed E-state index contributed by atoms with van der Waals surface area (Å²) in [7, 11) is 1.77. The van der Waals surface area contributed by atoms with Crippen LogP contribution in [0.3, 0.4) is 0 Å². The molecule has 36 heavy (non-hydrogen) atoms. The molecule has 0 unspecified atom stereocenters. The van der Waals surface area contributed by atoms with E-state index in [4.69, 9.17) is 9.47 Å². The first-order valence-electron chi connectivity index (χ1n) is 14.8. The van der Waals surface area contributed by atoms with E-state index in [9.17, 15) is 0 Å². The summed E-state index contributed by atoms with van der Waals surface area (Å²) in [6.45, 7) is 8.46. The van der Waals surface area contributed by atoms with Crippen molar-refractivity contribution in [1.82, 2.24) is 4.90 Å². The van der Waals surface area contributed by atoms with E-state index in [2.05, 4.69) is 55.1 Å². The van der Waals surface area contributed by atoms with Gasteiger partial charge in [-0.2, -0.15) is 0 Å². The maximum atomic E-state index is 6.73. The van der Waals surface area contributed by atoms with E-state index >= 15 is 0 Å². The summed E-state index contributed by atoms with van der Waals surface area (Å²) in [5.74, 6) is 6.03. The molecule has 2 saturated carbocycles. The molecule has 5 atom stereocenters. The van der Waals surface area contributed by atoms with Crippen molar-refractivity contribution in [2.45, 2.75) is 90.5 Å². The van der Waals surface area contributed by atoms with Gasteiger partial charge in [-0.3, -0.25) is 4.90 Å². The number of ether oxygens (including phenoxy) is 2. The Labute approximate surface area is 218 Å². The molecule has 0 amide bonds. The van der Waals surface area contributed by atoms with Gasteiger partial charge in [0.25, 0.3) is 0 Å². The Morgan fingerprint density at radius 1 is 0.944 bits per heavy atom. The highest BCUT2D eigenvalue weighted by molar-refractivity contribution is 5.51. The van der Waals surface area contributed by atoms with Crippen LogP contribution in [0.25, 0.3) is 0 Å². The Balaban J connectivity index is 1.26. The monoisotopic (exact) mass is 487 g/mol. The molecule has 1 heterocycles. The summed E-state index contributed by atoms with van der Waals surface area (Å²) in [6.07, 6.45) is 13.5. The standard InChI is InChI=1S/C33H45NO2/c1-4-25-13-15-28-26-14-12-24-9-8-10-30(32(24)27(26)17-18-33(25,28)2)36-29-16-11-23(21-31(29)35-3)22-34-19-6-5-7-20-34/h8-11,16,21,25-28H,4-7,12-15,17-20,22H2,1-3H3/t25-,26+,27-,28-,33+/m0/s1. The Morgan fingerprint density at radius 3 is 2.61 bits per heavy atom. The summed E-state index contributed by atoms with van der Waals surface area (Å²) in [5.41, 5.74) is 4.89. The number of aryl methyl sites for hydroxylation is 1. The zero-order valence-corrected chi connectivity index (χ0v) is 22.7. The van der Waals surface area contributed by atoms with Gasteiger partial charge in [0, 0.05) is 12.1 Å². The predicted molar refractivity (Wildman–Crippen MR) is 147 cm³/mol. The van der Waals surface area contributed by atoms with E-state index in [1.54, 1.807) is 7.11 Å². The van der Waals surface area contributed by atoms with E-state index < -0.39 is 0 Å². The Bertz CT molecular complexity index is 1070. The number of piperidine rings is 1. The predicted octanol–water partition coefficient (Wildman–Crippen LogP) is 8.36. The van der Waals surface area contributed by atoms with Crippen molar-refractivity contribution in [2.75, 3.05) is 20.2 Å². The van der Waals surface area contributed by atoms with Crippen LogP contribution < -0.4 is 9.47 Å². The first kappa shape index (κ1) is 24.3. The summed E-state index contributed by atoms with van der Waals surface area (Å²) < 4.78 is 12.6.